The van der Waals surface area contributed by atoms with E-state index < -0.39 is 0 Å². The van der Waals surface area contributed by atoms with Crippen molar-refractivity contribution in [3.63, 3.8) is 0 Å². The van der Waals surface area contributed by atoms with Gasteiger partial charge >= 0.3 is 0 Å². The highest BCUT2D eigenvalue weighted by Crippen LogP contribution is 2.25. The number of rotatable bonds is 6. The Balaban J connectivity index is 0.000000167. The van der Waals surface area contributed by atoms with Gasteiger partial charge in [0, 0.05) is 22.8 Å². The highest BCUT2D eigenvalue weighted by Gasteiger charge is 2.09. The number of ether oxygens (including phenoxy) is 1. The largest absolute Gasteiger partial charge is 0.508 e. The molecule has 1 aliphatic heterocycles. The smallest absolute Gasteiger partial charge is 0.182 e. The number of alkyl halides is 2. The van der Waals surface area contributed by atoms with Crippen molar-refractivity contribution in [2.24, 2.45) is 0 Å². The molecule has 0 atom stereocenters. The second kappa shape index (κ2) is 12.1. The molecule has 0 bridgehead atoms. The van der Waals surface area contributed by atoms with Gasteiger partial charge in [-0.2, -0.15) is 0 Å². The van der Waals surface area contributed by atoms with Gasteiger partial charge in [-0.05, 0) is 46.5 Å². The Bertz CT molecular complexity index is 1400. The molecule has 35 heavy (non-hydrogen) atoms. The minimum atomic E-state index is -0.127. The van der Waals surface area contributed by atoms with Crippen molar-refractivity contribution in [3.8, 4) is 17.2 Å². The normalized spacial score (nSPS) is 10.8. The molecule has 0 unspecified atom stereocenters. The summed E-state index contributed by atoms with van der Waals surface area (Å²) in [6.45, 7) is 1.30. The van der Waals surface area contributed by atoms with Crippen LogP contribution in [-0.4, -0.2) is 10.1 Å². The van der Waals surface area contributed by atoms with Crippen LogP contribution in [0.4, 0.5) is 0 Å². The number of phenols is 1. The van der Waals surface area contributed by atoms with Crippen LogP contribution >= 0.6 is 31.9 Å². The van der Waals surface area contributed by atoms with Gasteiger partial charge in [-0.3, -0.25) is 4.79 Å². The summed E-state index contributed by atoms with van der Waals surface area (Å²) in [5.74, 6) is 0.529. The van der Waals surface area contributed by atoms with Gasteiger partial charge in [-0.1, -0.05) is 80.4 Å². The number of fused-ring (bicyclic) bond motifs is 2. The second-order valence-electron chi connectivity index (χ2n) is 7.90. The number of halogens is 2. The van der Waals surface area contributed by atoms with Crippen LogP contribution in [0.5, 0.6) is 5.75 Å². The summed E-state index contributed by atoms with van der Waals surface area (Å²) in [5.41, 5.74) is 6.59. The van der Waals surface area contributed by atoms with Gasteiger partial charge in [-0.15, -0.1) is 0 Å². The first-order valence-corrected chi connectivity index (χ1v) is 13.2. The molecule has 0 fully saturated rings. The minimum absolute atomic E-state index is 0.107. The fourth-order valence-corrected chi connectivity index (χ4v) is 4.18. The molecule has 5 nitrogen and oxygen atoms in total. The van der Waals surface area contributed by atoms with Crippen LogP contribution in [0.3, 0.4) is 0 Å². The molecule has 2 aliphatic rings. The number of hydrogen-bond donors (Lipinski definition) is 1. The summed E-state index contributed by atoms with van der Waals surface area (Å²) in [4.78, 5) is 15.5. The summed E-state index contributed by atoms with van der Waals surface area (Å²) in [7, 11) is 0. The molecule has 0 amide bonds. The zero-order valence-electron chi connectivity index (χ0n) is 18.8. The zero-order valence-corrected chi connectivity index (χ0v) is 22.0. The Morgan fingerprint density at radius 1 is 0.771 bits per heavy atom. The molecule has 1 heterocycles. The number of phenolic OH excluding ortho intramolecular Hbond substituents is 1. The van der Waals surface area contributed by atoms with Crippen LogP contribution in [0.2, 0.25) is 0 Å². The highest BCUT2D eigenvalue weighted by molar-refractivity contribution is 9.08. The summed E-state index contributed by atoms with van der Waals surface area (Å²) >= 11 is 6.93. The van der Waals surface area contributed by atoms with Gasteiger partial charge in [0.25, 0.3) is 0 Å². The lowest BCUT2D eigenvalue weighted by Gasteiger charge is -2.07. The van der Waals surface area contributed by atoms with Crippen LogP contribution in [0.25, 0.3) is 22.6 Å². The average molecular weight is 597 g/mol. The van der Waals surface area contributed by atoms with E-state index in [2.05, 4.69) is 85.4 Å². The van der Waals surface area contributed by atoms with E-state index in [1.54, 1.807) is 18.2 Å². The molecule has 0 radical (unpaired) electrons. The lowest BCUT2D eigenvalue weighted by atomic mass is 10.1. The van der Waals surface area contributed by atoms with E-state index in [4.69, 9.17) is 9.15 Å². The van der Waals surface area contributed by atoms with Crippen molar-refractivity contribution >= 4 is 43.0 Å². The standard InChI is InChI=1S/C16H16Br2O.C12H7NO3/c17-9-13-3-1-5-15(7-13)11-19-12-16-6-2-4-14(8-16)10-18;14-7-1-3-9-11(5-7)16-12-6-8(15)2-4-10(12)13-9/h1-8H,9-12H2;1-6,14H. The molecule has 7 heteroatoms. The molecule has 1 aliphatic carbocycles. The molecule has 0 saturated carbocycles. The molecule has 0 spiro atoms. The van der Waals surface area contributed by atoms with Gasteiger partial charge in [0.1, 0.15) is 17.0 Å². The first-order chi connectivity index (χ1) is 17.0. The first kappa shape index (κ1) is 25.1. The molecule has 0 saturated heterocycles. The van der Waals surface area contributed by atoms with Gasteiger partial charge in [0.2, 0.25) is 0 Å². The maximum absolute atomic E-state index is 11.1. The van der Waals surface area contributed by atoms with Gasteiger partial charge in [0.15, 0.2) is 16.8 Å². The Morgan fingerprint density at radius 3 is 2.03 bits per heavy atom. The Hall–Kier alpha value is -3.00. The van der Waals surface area contributed by atoms with E-state index in [0.717, 1.165) is 10.7 Å². The SMILES string of the molecule is BrCc1cccc(COCc2cccc(CBr)c2)c1.O=c1ccc2nc3ccc(O)cc3oc-2c1. The third-order valence-corrected chi connectivity index (χ3v) is 6.46. The molecule has 5 rings (SSSR count). The minimum Gasteiger partial charge on any atom is -0.508 e. The summed E-state index contributed by atoms with van der Waals surface area (Å²) in [6.07, 6.45) is 0. The van der Waals surface area contributed by atoms with Crippen LogP contribution in [0, 0.1) is 0 Å². The Labute approximate surface area is 220 Å². The van der Waals surface area contributed by atoms with Crippen molar-refractivity contribution in [1.29, 1.82) is 0 Å². The Morgan fingerprint density at radius 2 is 1.40 bits per heavy atom. The lowest BCUT2D eigenvalue weighted by Crippen LogP contribution is -1.99. The van der Waals surface area contributed by atoms with Crippen molar-refractivity contribution in [2.75, 3.05) is 0 Å². The van der Waals surface area contributed by atoms with Crippen molar-refractivity contribution in [1.82, 2.24) is 4.98 Å². The molecule has 178 valence electrons. The molecular formula is C28H23Br2NO4. The van der Waals surface area contributed by atoms with Crippen LogP contribution in [-0.2, 0) is 28.6 Å². The molecular weight excluding hydrogens is 574 g/mol. The number of aromatic nitrogens is 1. The molecule has 1 N–H and O–H groups in total. The number of aromatic hydroxyl groups is 1. The quantitative estimate of drug-likeness (QED) is 0.166. The summed E-state index contributed by atoms with van der Waals surface area (Å²) in [6, 6.07) is 26.0. The van der Waals surface area contributed by atoms with Crippen LogP contribution < -0.4 is 5.43 Å². The maximum Gasteiger partial charge on any atom is 0.182 e. The van der Waals surface area contributed by atoms with E-state index >= 15 is 0 Å². The fraction of sp³-hybridized carbons (Fsp3) is 0.143. The predicted octanol–water partition coefficient (Wildman–Crippen LogP) is 7.19. The van der Waals surface area contributed by atoms with Gasteiger partial charge < -0.3 is 14.3 Å². The number of hydrogen-bond acceptors (Lipinski definition) is 5. The van der Waals surface area contributed by atoms with Gasteiger partial charge in [0.05, 0.1) is 13.2 Å². The van der Waals surface area contributed by atoms with E-state index in [-0.39, 0.29) is 11.2 Å². The van der Waals surface area contributed by atoms with E-state index in [1.165, 1.54) is 40.5 Å². The lowest BCUT2D eigenvalue weighted by molar-refractivity contribution is 0.107. The van der Waals surface area contributed by atoms with Crippen molar-refractivity contribution < 1.29 is 14.3 Å². The van der Waals surface area contributed by atoms with Crippen molar-refractivity contribution in [3.05, 3.63) is 117 Å². The Kier molecular flexibility index (Phi) is 8.69. The number of benzene rings is 4. The second-order valence-corrected chi connectivity index (χ2v) is 9.02. The maximum atomic E-state index is 11.1. The number of nitrogens with zero attached hydrogens (tertiary/aromatic N) is 1. The van der Waals surface area contributed by atoms with E-state index in [1.807, 2.05) is 0 Å². The summed E-state index contributed by atoms with van der Waals surface area (Å²) < 4.78 is 11.3. The van der Waals surface area contributed by atoms with Crippen LogP contribution in [0.1, 0.15) is 22.3 Å². The predicted molar refractivity (Wildman–Crippen MR) is 145 cm³/mol. The van der Waals surface area contributed by atoms with Crippen LogP contribution in [0.15, 0.2) is 94.1 Å². The topological polar surface area (TPSA) is 72.6 Å². The monoisotopic (exact) mass is 595 g/mol. The zero-order chi connectivity index (χ0) is 24.6. The summed E-state index contributed by atoms with van der Waals surface area (Å²) in [5, 5.41) is 11.1. The van der Waals surface area contributed by atoms with E-state index in [9.17, 15) is 9.90 Å². The molecule has 0 aromatic heterocycles. The van der Waals surface area contributed by atoms with Gasteiger partial charge in [-0.25, -0.2) is 4.98 Å². The highest BCUT2D eigenvalue weighted by atomic mass is 79.9. The van der Waals surface area contributed by atoms with Crippen molar-refractivity contribution in [2.45, 2.75) is 23.9 Å². The third kappa shape index (κ3) is 7.01. The fourth-order valence-electron chi connectivity index (χ4n) is 3.49. The van der Waals surface area contributed by atoms with E-state index in [0.29, 0.717) is 35.8 Å². The molecule has 3 aromatic rings. The average Bonchev–Trinajstić information content (AvgIpc) is 2.88. The molecule has 3 aromatic carbocycles. The third-order valence-electron chi connectivity index (χ3n) is 5.16. The first-order valence-electron chi connectivity index (χ1n) is 10.9.